The van der Waals surface area contributed by atoms with Gasteiger partial charge in [0.15, 0.2) is 0 Å². The fourth-order valence-corrected chi connectivity index (χ4v) is 8.88. The summed E-state index contributed by atoms with van der Waals surface area (Å²) in [5.74, 6) is 0. The SMILES string of the molecule is c1cc(-c2cccc3oc4c5ccccc5ccc4c23)cc(N(c2cccc(-n3c4ccccc4c4ccccc43)c2)c2ccc3oc4ccccc4c3c2)c1. The van der Waals surface area contributed by atoms with E-state index < -0.39 is 0 Å². The van der Waals surface area contributed by atoms with Crippen LogP contribution < -0.4 is 4.90 Å². The Labute approximate surface area is 321 Å². The summed E-state index contributed by atoms with van der Waals surface area (Å²) in [6.07, 6.45) is 0. The topological polar surface area (TPSA) is 34.5 Å². The van der Waals surface area contributed by atoms with Gasteiger partial charge in [0.25, 0.3) is 0 Å². The van der Waals surface area contributed by atoms with E-state index in [0.717, 1.165) is 83.1 Å². The van der Waals surface area contributed by atoms with Gasteiger partial charge in [-0.2, -0.15) is 0 Å². The summed E-state index contributed by atoms with van der Waals surface area (Å²) in [6.45, 7) is 0. The summed E-state index contributed by atoms with van der Waals surface area (Å²) in [4.78, 5) is 2.36. The minimum atomic E-state index is 0.869. The molecule has 0 fully saturated rings. The predicted octanol–water partition coefficient (Wildman–Crippen LogP) is 14.9. The predicted molar refractivity (Wildman–Crippen MR) is 233 cm³/mol. The van der Waals surface area contributed by atoms with Crippen LogP contribution in [0.3, 0.4) is 0 Å². The number of benzene rings is 9. The maximum atomic E-state index is 6.60. The van der Waals surface area contributed by atoms with Gasteiger partial charge in [0.2, 0.25) is 0 Å². The standard InChI is InChI=1S/C52H32N2O2/c1-2-17-40-33(12-1)26-28-44-51-39(21-11-25-50(51)56-52(40)44)34-13-9-14-35(30-34)53(38-27-29-49-45(32-38)43-20-5-8-24-48(43)55-49)36-15-10-16-37(31-36)54-46-22-6-3-18-41(46)42-19-4-7-23-47(42)54/h1-32H. The molecule has 262 valence electrons. The first-order valence-corrected chi connectivity index (χ1v) is 19.0. The lowest BCUT2D eigenvalue weighted by atomic mass is 9.97. The monoisotopic (exact) mass is 716 g/mol. The van der Waals surface area contributed by atoms with Gasteiger partial charge in [-0.05, 0) is 95.4 Å². The summed E-state index contributed by atoms with van der Waals surface area (Å²) in [7, 11) is 0. The lowest BCUT2D eigenvalue weighted by Crippen LogP contribution is -2.10. The molecule has 4 heteroatoms. The number of fused-ring (bicyclic) bond motifs is 11. The highest BCUT2D eigenvalue weighted by Crippen LogP contribution is 2.44. The lowest BCUT2D eigenvalue weighted by molar-refractivity contribution is 0.669. The molecular formula is C52H32N2O2. The zero-order chi connectivity index (χ0) is 36.7. The highest BCUT2D eigenvalue weighted by Gasteiger charge is 2.20. The molecule has 0 saturated heterocycles. The first-order valence-electron chi connectivity index (χ1n) is 19.0. The molecular weight excluding hydrogens is 685 g/mol. The van der Waals surface area contributed by atoms with Crippen molar-refractivity contribution >= 4 is 93.5 Å². The van der Waals surface area contributed by atoms with Crippen molar-refractivity contribution in [2.24, 2.45) is 0 Å². The minimum absolute atomic E-state index is 0.869. The molecule has 9 aromatic carbocycles. The number of furan rings is 2. The first-order chi connectivity index (χ1) is 27.8. The third-order valence-corrected chi connectivity index (χ3v) is 11.3. The third kappa shape index (κ3) is 4.60. The van der Waals surface area contributed by atoms with Crippen molar-refractivity contribution in [2.45, 2.75) is 0 Å². The smallest absolute Gasteiger partial charge is 0.143 e. The first kappa shape index (κ1) is 30.9. The van der Waals surface area contributed by atoms with Gasteiger partial charge in [0.05, 0.1) is 11.0 Å². The van der Waals surface area contributed by atoms with Crippen molar-refractivity contribution in [3.05, 3.63) is 194 Å². The third-order valence-electron chi connectivity index (χ3n) is 11.3. The molecule has 56 heavy (non-hydrogen) atoms. The van der Waals surface area contributed by atoms with E-state index in [9.17, 15) is 0 Å². The molecule has 3 aromatic heterocycles. The molecule has 0 radical (unpaired) electrons. The van der Waals surface area contributed by atoms with E-state index in [1.807, 2.05) is 12.1 Å². The van der Waals surface area contributed by atoms with E-state index in [-0.39, 0.29) is 0 Å². The molecule has 3 heterocycles. The molecule has 0 atom stereocenters. The van der Waals surface area contributed by atoms with Crippen molar-refractivity contribution < 1.29 is 8.83 Å². The molecule has 0 spiro atoms. The van der Waals surface area contributed by atoms with Crippen molar-refractivity contribution in [1.82, 2.24) is 4.57 Å². The maximum absolute atomic E-state index is 6.60. The van der Waals surface area contributed by atoms with E-state index in [2.05, 4.69) is 191 Å². The summed E-state index contributed by atoms with van der Waals surface area (Å²) >= 11 is 0. The molecule has 0 bridgehead atoms. The quantitative estimate of drug-likeness (QED) is 0.178. The Morgan fingerprint density at radius 3 is 1.86 bits per heavy atom. The zero-order valence-corrected chi connectivity index (χ0v) is 30.2. The molecule has 0 amide bonds. The van der Waals surface area contributed by atoms with Gasteiger partial charge < -0.3 is 18.3 Å². The highest BCUT2D eigenvalue weighted by molar-refractivity contribution is 6.19. The van der Waals surface area contributed by atoms with E-state index in [0.29, 0.717) is 0 Å². The zero-order valence-electron chi connectivity index (χ0n) is 30.2. The Balaban J connectivity index is 1.08. The number of nitrogens with zero attached hydrogens (tertiary/aromatic N) is 2. The molecule has 0 unspecified atom stereocenters. The molecule has 0 aliphatic heterocycles. The Morgan fingerprint density at radius 1 is 0.375 bits per heavy atom. The second kappa shape index (κ2) is 12.0. The van der Waals surface area contributed by atoms with Crippen molar-refractivity contribution in [1.29, 1.82) is 0 Å². The number of hydrogen-bond acceptors (Lipinski definition) is 3. The van der Waals surface area contributed by atoms with Crippen LogP contribution in [0.25, 0.3) is 93.3 Å². The van der Waals surface area contributed by atoms with Crippen LogP contribution >= 0.6 is 0 Å². The fraction of sp³-hybridized carbons (Fsp3) is 0. The van der Waals surface area contributed by atoms with Crippen LogP contribution in [0.1, 0.15) is 0 Å². The molecule has 4 nitrogen and oxygen atoms in total. The number of para-hydroxylation sites is 3. The van der Waals surface area contributed by atoms with Crippen LogP contribution in [0.15, 0.2) is 203 Å². The molecule has 0 saturated carbocycles. The summed E-state index contributed by atoms with van der Waals surface area (Å²) < 4.78 is 15.3. The number of hydrogen-bond donors (Lipinski definition) is 0. The van der Waals surface area contributed by atoms with Crippen LogP contribution in [-0.2, 0) is 0 Å². The van der Waals surface area contributed by atoms with Gasteiger partial charge in [-0.1, -0.05) is 115 Å². The molecule has 0 N–H and O–H groups in total. The van der Waals surface area contributed by atoms with Crippen LogP contribution in [0, 0.1) is 0 Å². The minimum Gasteiger partial charge on any atom is -0.456 e. The van der Waals surface area contributed by atoms with E-state index >= 15 is 0 Å². The van der Waals surface area contributed by atoms with Crippen molar-refractivity contribution in [3.63, 3.8) is 0 Å². The van der Waals surface area contributed by atoms with Crippen LogP contribution in [-0.4, -0.2) is 4.57 Å². The number of anilines is 3. The van der Waals surface area contributed by atoms with E-state index in [4.69, 9.17) is 8.83 Å². The lowest BCUT2D eigenvalue weighted by Gasteiger charge is -2.27. The van der Waals surface area contributed by atoms with Gasteiger partial charge >= 0.3 is 0 Å². The Kier molecular flexibility index (Phi) is 6.60. The maximum Gasteiger partial charge on any atom is 0.143 e. The van der Waals surface area contributed by atoms with Crippen molar-refractivity contribution in [3.8, 4) is 16.8 Å². The van der Waals surface area contributed by atoms with Gasteiger partial charge in [0.1, 0.15) is 22.3 Å². The van der Waals surface area contributed by atoms with Crippen LogP contribution in [0.2, 0.25) is 0 Å². The second-order valence-electron chi connectivity index (χ2n) is 14.5. The van der Waals surface area contributed by atoms with Gasteiger partial charge in [-0.15, -0.1) is 0 Å². The average Bonchev–Trinajstić information content (AvgIpc) is 3.94. The van der Waals surface area contributed by atoms with Gasteiger partial charge in [-0.3, -0.25) is 0 Å². The second-order valence-corrected chi connectivity index (χ2v) is 14.5. The van der Waals surface area contributed by atoms with Crippen molar-refractivity contribution in [2.75, 3.05) is 4.90 Å². The summed E-state index contributed by atoms with van der Waals surface area (Å²) in [6, 6.07) is 69.1. The van der Waals surface area contributed by atoms with Crippen LogP contribution in [0.4, 0.5) is 17.1 Å². The average molecular weight is 717 g/mol. The van der Waals surface area contributed by atoms with E-state index in [1.54, 1.807) is 0 Å². The molecule has 12 aromatic rings. The van der Waals surface area contributed by atoms with Gasteiger partial charge in [0, 0.05) is 60.5 Å². The van der Waals surface area contributed by atoms with Crippen LogP contribution in [0.5, 0.6) is 0 Å². The summed E-state index contributed by atoms with van der Waals surface area (Å²) in [5.41, 5.74) is 12.4. The number of rotatable bonds is 5. The van der Waals surface area contributed by atoms with Gasteiger partial charge in [-0.25, -0.2) is 0 Å². The Bertz CT molecular complexity index is 3460. The summed E-state index contributed by atoms with van der Waals surface area (Å²) in [5, 5.41) is 9.20. The Morgan fingerprint density at radius 2 is 1.02 bits per heavy atom. The molecule has 0 aliphatic rings. The molecule has 0 aliphatic carbocycles. The highest BCUT2D eigenvalue weighted by atomic mass is 16.3. The molecule has 12 rings (SSSR count). The largest absolute Gasteiger partial charge is 0.456 e. The Hall–Kier alpha value is -7.56. The normalized spacial score (nSPS) is 11.9. The number of aromatic nitrogens is 1. The fourth-order valence-electron chi connectivity index (χ4n) is 8.88. The van der Waals surface area contributed by atoms with E-state index in [1.165, 1.54) is 27.2 Å².